The average Bonchev–Trinajstić information content (AvgIpc) is 2.98. The number of amides is 1. The van der Waals surface area contributed by atoms with Crippen molar-refractivity contribution in [2.24, 2.45) is 0 Å². The summed E-state index contributed by atoms with van der Waals surface area (Å²) in [5.74, 6) is -0.614. The van der Waals surface area contributed by atoms with E-state index in [2.05, 4.69) is 10.3 Å². The standard InChI is InChI=1S/C12H10N2O3S/c15-11(14-9-3-4-17-12(9)16)7-1-2-8-10(5-7)18-6-13-8/h1-2,5-6,9H,3-4H2,(H,14,15). The van der Waals surface area contributed by atoms with E-state index < -0.39 is 6.04 Å². The molecule has 2 aromatic rings. The molecule has 18 heavy (non-hydrogen) atoms. The fourth-order valence-corrected chi connectivity index (χ4v) is 2.58. The van der Waals surface area contributed by atoms with E-state index in [1.807, 2.05) is 0 Å². The van der Waals surface area contributed by atoms with Crippen molar-refractivity contribution in [1.29, 1.82) is 0 Å². The zero-order chi connectivity index (χ0) is 12.5. The van der Waals surface area contributed by atoms with Crippen LogP contribution in [0.1, 0.15) is 16.8 Å². The molecule has 6 heteroatoms. The van der Waals surface area contributed by atoms with Crippen LogP contribution in [0.15, 0.2) is 23.7 Å². The summed E-state index contributed by atoms with van der Waals surface area (Å²) in [6, 6.07) is 4.77. The van der Waals surface area contributed by atoms with E-state index in [4.69, 9.17) is 4.74 Å². The smallest absolute Gasteiger partial charge is 0.328 e. The van der Waals surface area contributed by atoms with Crippen molar-refractivity contribution in [2.45, 2.75) is 12.5 Å². The zero-order valence-corrected chi connectivity index (χ0v) is 10.2. The first kappa shape index (κ1) is 11.2. The van der Waals surface area contributed by atoms with Crippen LogP contribution in [0.2, 0.25) is 0 Å². The molecule has 0 aliphatic carbocycles. The van der Waals surface area contributed by atoms with Crippen LogP contribution < -0.4 is 5.32 Å². The summed E-state index contributed by atoms with van der Waals surface area (Å²) in [6.45, 7) is 0.373. The highest BCUT2D eigenvalue weighted by Gasteiger charge is 2.28. The lowest BCUT2D eigenvalue weighted by atomic mass is 10.1. The number of benzene rings is 1. The summed E-state index contributed by atoms with van der Waals surface area (Å²) in [5, 5.41) is 2.67. The van der Waals surface area contributed by atoms with Crippen LogP contribution >= 0.6 is 11.3 Å². The number of rotatable bonds is 2. The molecular weight excluding hydrogens is 252 g/mol. The van der Waals surface area contributed by atoms with Crippen LogP contribution in [-0.4, -0.2) is 29.5 Å². The van der Waals surface area contributed by atoms with Gasteiger partial charge in [0.2, 0.25) is 0 Å². The molecular formula is C12H10N2O3S. The van der Waals surface area contributed by atoms with Gasteiger partial charge in [0.05, 0.1) is 22.3 Å². The molecule has 3 rings (SSSR count). The van der Waals surface area contributed by atoms with E-state index >= 15 is 0 Å². The van der Waals surface area contributed by atoms with Gasteiger partial charge in [-0.2, -0.15) is 0 Å². The van der Waals surface area contributed by atoms with Crippen molar-refractivity contribution in [3.63, 3.8) is 0 Å². The first-order chi connectivity index (χ1) is 8.74. The van der Waals surface area contributed by atoms with E-state index in [9.17, 15) is 9.59 Å². The highest BCUT2D eigenvalue weighted by atomic mass is 32.1. The molecule has 92 valence electrons. The van der Waals surface area contributed by atoms with Crippen molar-refractivity contribution >= 4 is 33.4 Å². The molecule has 0 saturated carbocycles. The minimum absolute atomic E-state index is 0.255. The van der Waals surface area contributed by atoms with Crippen molar-refractivity contribution in [2.75, 3.05) is 6.61 Å². The summed E-state index contributed by atoms with van der Waals surface area (Å²) in [5.41, 5.74) is 3.14. The van der Waals surface area contributed by atoms with Crippen LogP contribution in [0.25, 0.3) is 10.2 Å². The second kappa shape index (κ2) is 4.38. The predicted octanol–water partition coefficient (Wildman–Crippen LogP) is 1.34. The van der Waals surface area contributed by atoms with Gasteiger partial charge in [0.15, 0.2) is 0 Å². The number of nitrogens with zero attached hydrogens (tertiary/aromatic N) is 1. The molecule has 1 aromatic carbocycles. The summed E-state index contributed by atoms with van der Waals surface area (Å²) in [6.07, 6.45) is 0.535. The van der Waals surface area contributed by atoms with Crippen LogP contribution in [0.4, 0.5) is 0 Å². The minimum atomic E-state index is -0.519. The van der Waals surface area contributed by atoms with Gasteiger partial charge in [0, 0.05) is 12.0 Å². The third-order valence-electron chi connectivity index (χ3n) is 2.83. The third-order valence-corrected chi connectivity index (χ3v) is 3.63. The number of esters is 1. The van der Waals surface area contributed by atoms with Crippen LogP contribution in [0.3, 0.4) is 0 Å². The number of nitrogens with one attached hydrogen (secondary N) is 1. The second-order valence-corrected chi connectivity index (χ2v) is 4.90. The number of fused-ring (bicyclic) bond motifs is 1. The maximum Gasteiger partial charge on any atom is 0.328 e. The molecule has 1 fully saturated rings. The van der Waals surface area contributed by atoms with Gasteiger partial charge in [-0.3, -0.25) is 4.79 Å². The van der Waals surface area contributed by atoms with Gasteiger partial charge in [-0.15, -0.1) is 11.3 Å². The molecule has 2 heterocycles. The highest BCUT2D eigenvalue weighted by molar-refractivity contribution is 7.16. The summed E-state index contributed by atoms with van der Waals surface area (Å²) >= 11 is 1.48. The first-order valence-electron chi connectivity index (χ1n) is 5.55. The van der Waals surface area contributed by atoms with E-state index in [1.54, 1.807) is 23.7 Å². The topological polar surface area (TPSA) is 68.3 Å². The second-order valence-electron chi connectivity index (χ2n) is 4.02. The van der Waals surface area contributed by atoms with Crippen molar-refractivity contribution in [3.05, 3.63) is 29.3 Å². The fourth-order valence-electron chi connectivity index (χ4n) is 1.86. The number of ether oxygens (including phenoxy) is 1. The molecule has 1 N–H and O–H groups in total. The predicted molar refractivity (Wildman–Crippen MR) is 66.5 cm³/mol. The Balaban J connectivity index is 1.80. The summed E-state index contributed by atoms with van der Waals surface area (Å²) in [4.78, 5) is 27.4. The Kier molecular flexibility index (Phi) is 2.71. The van der Waals surface area contributed by atoms with Crippen LogP contribution in [-0.2, 0) is 9.53 Å². The highest BCUT2D eigenvalue weighted by Crippen LogP contribution is 2.19. The maximum atomic E-state index is 12.0. The molecule has 1 atom stereocenters. The molecule has 5 nitrogen and oxygen atoms in total. The van der Waals surface area contributed by atoms with Crippen molar-refractivity contribution in [3.8, 4) is 0 Å². The van der Waals surface area contributed by atoms with Crippen LogP contribution in [0.5, 0.6) is 0 Å². The van der Waals surface area contributed by atoms with Gasteiger partial charge < -0.3 is 10.1 Å². The van der Waals surface area contributed by atoms with Gasteiger partial charge in [0.25, 0.3) is 5.91 Å². The Labute approximate surface area is 107 Å². The molecule has 0 spiro atoms. The maximum absolute atomic E-state index is 12.0. The molecule has 1 unspecified atom stereocenters. The summed E-state index contributed by atoms with van der Waals surface area (Å²) in [7, 11) is 0. The van der Waals surface area contributed by atoms with Crippen LogP contribution in [0, 0.1) is 0 Å². The summed E-state index contributed by atoms with van der Waals surface area (Å²) < 4.78 is 5.75. The minimum Gasteiger partial charge on any atom is -0.464 e. The van der Waals surface area contributed by atoms with Gasteiger partial charge in [-0.25, -0.2) is 9.78 Å². The van der Waals surface area contributed by atoms with Gasteiger partial charge in [0.1, 0.15) is 6.04 Å². The normalized spacial score (nSPS) is 18.9. The zero-order valence-electron chi connectivity index (χ0n) is 9.38. The lowest BCUT2D eigenvalue weighted by Gasteiger charge is -2.08. The Hall–Kier alpha value is -1.95. The molecule has 1 aromatic heterocycles. The fraction of sp³-hybridized carbons (Fsp3) is 0.250. The van der Waals surface area contributed by atoms with E-state index in [0.29, 0.717) is 18.6 Å². The number of aromatic nitrogens is 1. The Bertz CT molecular complexity index is 623. The molecule has 1 aliphatic rings. The van der Waals surface area contributed by atoms with Crippen molar-refractivity contribution in [1.82, 2.24) is 10.3 Å². The first-order valence-corrected chi connectivity index (χ1v) is 6.43. The SMILES string of the molecule is O=C(NC1CCOC1=O)c1ccc2ncsc2c1. The Morgan fingerprint density at radius 3 is 3.17 bits per heavy atom. The average molecular weight is 262 g/mol. The molecule has 1 saturated heterocycles. The number of carbonyl (C=O) groups is 2. The molecule has 1 amide bonds. The number of hydrogen-bond acceptors (Lipinski definition) is 5. The van der Waals surface area contributed by atoms with E-state index in [-0.39, 0.29) is 11.9 Å². The Morgan fingerprint density at radius 1 is 1.50 bits per heavy atom. The van der Waals surface area contributed by atoms with Gasteiger partial charge in [-0.1, -0.05) is 0 Å². The third kappa shape index (κ3) is 1.95. The molecule has 1 aliphatic heterocycles. The number of hydrogen-bond donors (Lipinski definition) is 1. The number of cyclic esters (lactones) is 1. The number of thiazole rings is 1. The lowest BCUT2D eigenvalue weighted by Crippen LogP contribution is -2.37. The largest absolute Gasteiger partial charge is 0.464 e. The Morgan fingerprint density at radius 2 is 2.39 bits per heavy atom. The molecule has 0 bridgehead atoms. The van der Waals surface area contributed by atoms with Gasteiger partial charge in [-0.05, 0) is 18.2 Å². The van der Waals surface area contributed by atoms with E-state index in [1.165, 1.54) is 11.3 Å². The quantitative estimate of drug-likeness (QED) is 0.829. The lowest BCUT2D eigenvalue weighted by molar-refractivity contribution is -0.139. The van der Waals surface area contributed by atoms with Gasteiger partial charge >= 0.3 is 5.97 Å². The van der Waals surface area contributed by atoms with E-state index in [0.717, 1.165) is 10.2 Å². The molecule has 0 radical (unpaired) electrons. The van der Waals surface area contributed by atoms with Crippen molar-refractivity contribution < 1.29 is 14.3 Å². The number of carbonyl (C=O) groups excluding carboxylic acids is 2. The monoisotopic (exact) mass is 262 g/mol.